The van der Waals surface area contributed by atoms with Gasteiger partial charge in [0.25, 0.3) is 0 Å². The van der Waals surface area contributed by atoms with Crippen LogP contribution in [-0.2, 0) is 0 Å². The van der Waals surface area contributed by atoms with Gasteiger partial charge in [-0.15, -0.1) is 0 Å². The minimum Gasteiger partial charge on any atom is -0.345 e. The highest BCUT2D eigenvalue weighted by Crippen LogP contribution is 2.30. The average molecular weight is 326 g/mol. The lowest BCUT2D eigenvalue weighted by Gasteiger charge is -2.10. The number of aromatic amines is 1. The van der Waals surface area contributed by atoms with E-state index in [0.29, 0.717) is 0 Å². The lowest BCUT2D eigenvalue weighted by molar-refractivity contribution is 1.20. The number of pyridine rings is 1. The van der Waals surface area contributed by atoms with E-state index >= 15 is 0 Å². The first-order valence-corrected chi connectivity index (χ1v) is 7.73. The van der Waals surface area contributed by atoms with Gasteiger partial charge in [0.15, 0.2) is 6.19 Å². The molecule has 0 fully saturated rings. The summed E-state index contributed by atoms with van der Waals surface area (Å²) in [7, 11) is 1.74. The molecule has 0 bridgehead atoms. The molecule has 1 aromatic carbocycles. The van der Waals surface area contributed by atoms with Gasteiger partial charge in [0, 0.05) is 48.3 Å². The molecule has 0 aliphatic heterocycles. The number of hydrogen-bond donors (Lipinski definition) is 1. The van der Waals surface area contributed by atoms with Crippen molar-refractivity contribution in [1.29, 1.82) is 5.26 Å². The van der Waals surface area contributed by atoms with Crippen molar-refractivity contribution in [3.05, 3.63) is 61.3 Å². The zero-order chi connectivity index (χ0) is 17.2. The number of nitrogens with one attached hydrogen (secondary N) is 1. The fraction of sp³-hybridized carbons (Fsp3) is 0.0526. The van der Waals surface area contributed by atoms with E-state index in [4.69, 9.17) is 5.26 Å². The normalized spacial score (nSPS) is 10.6. The van der Waals surface area contributed by atoms with Gasteiger partial charge in [0.05, 0.1) is 17.6 Å². The highest BCUT2D eigenvalue weighted by Gasteiger charge is 2.10. The second-order valence-electron chi connectivity index (χ2n) is 5.62. The van der Waals surface area contributed by atoms with Gasteiger partial charge in [0.1, 0.15) is 5.65 Å². The SMILES string of the molecule is CN(C#N)c1cccc(-c2cnc3[nH]cc(-c4cnccn4)c3c2)c1. The summed E-state index contributed by atoms with van der Waals surface area (Å²) in [5.41, 5.74) is 5.37. The van der Waals surface area contributed by atoms with Crippen LogP contribution in [0, 0.1) is 11.5 Å². The summed E-state index contributed by atoms with van der Waals surface area (Å²) in [6.45, 7) is 0. The molecule has 0 aliphatic rings. The van der Waals surface area contributed by atoms with Crippen LogP contribution in [0.3, 0.4) is 0 Å². The molecule has 6 nitrogen and oxygen atoms in total. The van der Waals surface area contributed by atoms with Crippen LogP contribution < -0.4 is 4.90 Å². The number of nitrogens with zero attached hydrogens (tertiary/aromatic N) is 5. The Balaban J connectivity index is 1.83. The van der Waals surface area contributed by atoms with Gasteiger partial charge in [-0.25, -0.2) is 4.98 Å². The van der Waals surface area contributed by atoms with Crippen LogP contribution in [0.25, 0.3) is 33.4 Å². The summed E-state index contributed by atoms with van der Waals surface area (Å²) in [6, 6.07) is 9.89. The zero-order valence-electron chi connectivity index (χ0n) is 13.5. The van der Waals surface area contributed by atoms with Gasteiger partial charge in [-0.3, -0.25) is 14.9 Å². The Bertz CT molecular complexity index is 1080. The Kier molecular flexibility index (Phi) is 3.60. The predicted octanol–water partition coefficient (Wildman–Crippen LogP) is 3.60. The molecular formula is C19H14N6. The van der Waals surface area contributed by atoms with E-state index < -0.39 is 0 Å². The van der Waals surface area contributed by atoms with E-state index in [9.17, 15) is 0 Å². The van der Waals surface area contributed by atoms with Gasteiger partial charge in [-0.05, 0) is 23.8 Å². The molecule has 0 amide bonds. The molecule has 0 saturated heterocycles. The first kappa shape index (κ1) is 14.8. The molecule has 0 atom stereocenters. The maximum atomic E-state index is 9.07. The average Bonchev–Trinajstić information content (AvgIpc) is 3.11. The summed E-state index contributed by atoms with van der Waals surface area (Å²) in [5.74, 6) is 0. The molecular weight excluding hydrogens is 312 g/mol. The summed E-state index contributed by atoms with van der Waals surface area (Å²) in [6.07, 6.45) is 10.9. The van der Waals surface area contributed by atoms with Gasteiger partial charge >= 0.3 is 0 Å². The van der Waals surface area contributed by atoms with Crippen molar-refractivity contribution in [1.82, 2.24) is 19.9 Å². The van der Waals surface area contributed by atoms with Crippen LogP contribution in [0.15, 0.2) is 61.3 Å². The minimum absolute atomic E-state index is 0.797. The first-order chi connectivity index (χ1) is 12.3. The van der Waals surface area contributed by atoms with Crippen molar-refractivity contribution in [2.75, 3.05) is 11.9 Å². The van der Waals surface area contributed by atoms with Crippen molar-refractivity contribution in [3.63, 3.8) is 0 Å². The number of fused-ring (bicyclic) bond motifs is 1. The third kappa shape index (κ3) is 2.68. The summed E-state index contributed by atoms with van der Waals surface area (Å²) in [5, 5.41) is 10.1. The van der Waals surface area contributed by atoms with Crippen molar-refractivity contribution in [2.24, 2.45) is 0 Å². The summed E-state index contributed by atoms with van der Waals surface area (Å²) < 4.78 is 0. The zero-order valence-corrected chi connectivity index (χ0v) is 13.5. The third-order valence-corrected chi connectivity index (χ3v) is 4.09. The minimum atomic E-state index is 0.797. The molecule has 3 heterocycles. The second-order valence-corrected chi connectivity index (χ2v) is 5.62. The topological polar surface area (TPSA) is 81.5 Å². The van der Waals surface area contributed by atoms with E-state index in [1.165, 1.54) is 4.90 Å². The number of benzene rings is 1. The van der Waals surface area contributed by atoms with E-state index in [0.717, 1.165) is 39.1 Å². The molecule has 1 N–H and O–H groups in total. The summed E-state index contributed by atoms with van der Waals surface area (Å²) >= 11 is 0. The Morgan fingerprint density at radius 3 is 2.80 bits per heavy atom. The molecule has 0 radical (unpaired) electrons. The molecule has 3 aromatic heterocycles. The predicted molar refractivity (Wildman–Crippen MR) is 96.6 cm³/mol. The van der Waals surface area contributed by atoms with Crippen LogP contribution in [-0.4, -0.2) is 27.0 Å². The second kappa shape index (κ2) is 6.06. The number of anilines is 1. The lowest BCUT2D eigenvalue weighted by Crippen LogP contribution is -2.07. The first-order valence-electron chi connectivity index (χ1n) is 7.73. The van der Waals surface area contributed by atoms with Crippen molar-refractivity contribution in [3.8, 4) is 28.6 Å². The Morgan fingerprint density at radius 2 is 2.00 bits per heavy atom. The molecule has 4 rings (SSSR count). The van der Waals surface area contributed by atoms with Crippen molar-refractivity contribution in [2.45, 2.75) is 0 Å². The largest absolute Gasteiger partial charge is 0.345 e. The monoisotopic (exact) mass is 326 g/mol. The number of nitriles is 1. The highest BCUT2D eigenvalue weighted by molar-refractivity contribution is 5.94. The molecule has 6 heteroatoms. The van der Waals surface area contributed by atoms with E-state index in [2.05, 4.69) is 32.2 Å². The fourth-order valence-corrected chi connectivity index (χ4v) is 2.76. The van der Waals surface area contributed by atoms with Gasteiger partial charge in [0.2, 0.25) is 0 Å². The lowest BCUT2D eigenvalue weighted by atomic mass is 10.0. The molecule has 0 saturated carbocycles. The van der Waals surface area contributed by atoms with Gasteiger partial charge in [-0.1, -0.05) is 12.1 Å². The number of hydrogen-bond acceptors (Lipinski definition) is 5. The standard InChI is InChI=1S/C19H14N6/c1-25(12-20)15-4-2-3-13(7-15)14-8-16-17(10-24-19(16)23-9-14)18-11-21-5-6-22-18/h2-11H,1H3,(H,23,24). The van der Waals surface area contributed by atoms with Crippen molar-refractivity contribution >= 4 is 16.7 Å². The van der Waals surface area contributed by atoms with Crippen LogP contribution in [0.5, 0.6) is 0 Å². The molecule has 25 heavy (non-hydrogen) atoms. The third-order valence-electron chi connectivity index (χ3n) is 4.09. The summed E-state index contributed by atoms with van der Waals surface area (Å²) in [4.78, 5) is 17.7. The molecule has 120 valence electrons. The maximum Gasteiger partial charge on any atom is 0.183 e. The number of H-pyrrole nitrogens is 1. The van der Waals surface area contributed by atoms with Crippen LogP contribution in [0.2, 0.25) is 0 Å². The van der Waals surface area contributed by atoms with Crippen LogP contribution in [0.4, 0.5) is 5.69 Å². The molecule has 0 spiro atoms. The Morgan fingerprint density at radius 1 is 1.08 bits per heavy atom. The van der Waals surface area contributed by atoms with E-state index in [1.54, 1.807) is 25.6 Å². The number of rotatable bonds is 3. The smallest absolute Gasteiger partial charge is 0.183 e. The molecule has 4 aromatic rings. The van der Waals surface area contributed by atoms with Crippen LogP contribution >= 0.6 is 0 Å². The molecule has 0 aliphatic carbocycles. The Hall–Kier alpha value is -3.72. The maximum absolute atomic E-state index is 9.07. The van der Waals surface area contributed by atoms with E-state index in [1.807, 2.05) is 36.7 Å². The van der Waals surface area contributed by atoms with E-state index in [-0.39, 0.29) is 0 Å². The van der Waals surface area contributed by atoms with Crippen LogP contribution in [0.1, 0.15) is 0 Å². The Labute approximate surface area is 144 Å². The quantitative estimate of drug-likeness (QED) is 0.459. The fourth-order valence-electron chi connectivity index (χ4n) is 2.76. The van der Waals surface area contributed by atoms with Crippen molar-refractivity contribution < 1.29 is 0 Å². The number of aromatic nitrogens is 4. The molecule has 0 unspecified atom stereocenters. The van der Waals surface area contributed by atoms with Gasteiger partial charge < -0.3 is 4.98 Å². The van der Waals surface area contributed by atoms with Gasteiger partial charge in [-0.2, -0.15) is 5.26 Å². The highest BCUT2D eigenvalue weighted by atomic mass is 15.1.